The topological polar surface area (TPSA) is 23.8 Å². The molecule has 1 nitrogen and oxygen atoms in total. The molecule has 1 saturated carbocycles. The smallest absolute Gasteiger partial charge is 0.0695 e. The van der Waals surface area contributed by atoms with E-state index in [2.05, 4.69) is 32.9 Å². The zero-order chi connectivity index (χ0) is 9.19. The Kier molecular flexibility index (Phi) is 2.57. The van der Waals surface area contributed by atoms with Gasteiger partial charge < -0.3 is 0 Å². The second kappa shape index (κ2) is 3.31. The molecule has 0 amide bonds. The van der Waals surface area contributed by atoms with E-state index in [1.165, 1.54) is 12.0 Å². The number of rotatable bonds is 2. The molecule has 0 N–H and O–H groups in total. The SMILES string of the molecule is CC(C)=CCC1(C#N)CCC1C. The number of hydrogen-bond donors (Lipinski definition) is 0. The predicted octanol–water partition coefficient (Wildman–Crippen LogP) is 3.28. The number of hydrogen-bond acceptors (Lipinski definition) is 1. The molecule has 0 spiro atoms. The fraction of sp³-hybridized carbons (Fsp3) is 0.727. The van der Waals surface area contributed by atoms with Crippen LogP contribution in [0.4, 0.5) is 0 Å². The highest BCUT2D eigenvalue weighted by molar-refractivity contribution is 5.12. The van der Waals surface area contributed by atoms with E-state index in [4.69, 9.17) is 5.26 Å². The fourth-order valence-electron chi connectivity index (χ4n) is 1.68. The molecular weight excluding hydrogens is 146 g/mol. The molecule has 1 heteroatoms. The van der Waals surface area contributed by atoms with Gasteiger partial charge in [0.1, 0.15) is 0 Å². The lowest BCUT2D eigenvalue weighted by Gasteiger charge is -2.42. The molecule has 0 radical (unpaired) electrons. The summed E-state index contributed by atoms with van der Waals surface area (Å²) < 4.78 is 0. The minimum absolute atomic E-state index is 0.0166. The van der Waals surface area contributed by atoms with E-state index in [0.29, 0.717) is 5.92 Å². The molecule has 1 rings (SSSR count). The van der Waals surface area contributed by atoms with Gasteiger partial charge in [0.15, 0.2) is 0 Å². The predicted molar refractivity (Wildman–Crippen MR) is 50.5 cm³/mol. The van der Waals surface area contributed by atoms with Gasteiger partial charge in [0, 0.05) is 0 Å². The lowest BCUT2D eigenvalue weighted by molar-refractivity contribution is 0.114. The Balaban J connectivity index is 2.59. The maximum Gasteiger partial charge on any atom is 0.0695 e. The summed E-state index contributed by atoms with van der Waals surface area (Å²) in [6.07, 6.45) is 5.46. The summed E-state index contributed by atoms with van der Waals surface area (Å²) in [5.41, 5.74) is 1.31. The Morgan fingerprint density at radius 2 is 2.33 bits per heavy atom. The van der Waals surface area contributed by atoms with E-state index in [-0.39, 0.29) is 5.41 Å². The molecule has 66 valence electrons. The van der Waals surface area contributed by atoms with Crippen LogP contribution in [0.5, 0.6) is 0 Å². The Morgan fingerprint density at radius 3 is 2.58 bits per heavy atom. The van der Waals surface area contributed by atoms with E-state index >= 15 is 0 Å². The molecule has 2 unspecified atom stereocenters. The molecule has 1 aliphatic rings. The van der Waals surface area contributed by atoms with Crippen molar-refractivity contribution in [2.45, 2.75) is 40.0 Å². The summed E-state index contributed by atoms with van der Waals surface area (Å²) in [6, 6.07) is 2.48. The van der Waals surface area contributed by atoms with E-state index in [9.17, 15) is 0 Å². The van der Waals surface area contributed by atoms with Crippen LogP contribution >= 0.6 is 0 Å². The number of nitrogens with zero attached hydrogens (tertiary/aromatic N) is 1. The molecule has 0 aliphatic heterocycles. The van der Waals surface area contributed by atoms with Crippen molar-refractivity contribution in [3.63, 3.8) is 0 Å². The van der Waals surface area contributed by atoms with Gasteiger partial charge in [-0.3, -0.25) is 0 Å². The van der Waals surface area contributed by atoms with Crippen LogP contribution in [0, 0.1) is 22.7 Å². The number of allylic oxidation sites excluding steroid dienone is 2. The van der Waals surface area contributed by atoms with Gasteiger partial charge in [0.05, 0.1) is 11.5 Å². The maximum atomic E-state index is 9.04. The minimum Gasteiger partial charge on any atom is -0.198 e. The summed E-state index contributed by atoms with van der Waals surface area (Å²) in [5.74, 6) is 0.595. The van der Waals surface area contributed by atoms with Crippen LogP contribution in [0.1, 0.15) is 40.0 Å². The molecule has 0 aromatic carbocycles. The van der Waals surface area contributed by atoms with Crippen LogP contribution in [0.2, 0.25) is 0 Å². The van der Waals surface area contributed by atoms with Crippen LogP contribution in [-0.2, 0) is 0 Å². The van der Waals surface area contributed by atoms with Gasteiger partial charge in [-0.2, -0.15) is 5.26 Å². The van der Waals surface area contributed by atoms with Gasteiger partial charge in [0.2, 0.25) is 0 Å². The maximum absolute atomic E-state index is 9.04. The quantitative estimate of drug-likeness (QED) is 0.573. The third-order valence-electron chi connectivity index (χ3n) is 3.06. The van der Waals surface area contributed by atoms with Gasteiger partial charge in [-0.05, 0) is 39.0 Å². The van der Waals surface area contributed by atoms with Crippen LogP contribution < -0.4 is 0 Å². The highest BCUT2D eigenvalue weighted by Gasteiger charge is 2.43. The van der Waals surface area contributed by atoms with Gasteiger partial charge in [0.25, 0.3) is 0 Å². The largest absolute Gasteiger partial charge is 0.198 e. The van der Waals surface area contributed by atoms with Crippen LogP contribution in [-0.4, -0.2) is 0 Å². The summed E-state index contributed by atoms with van der Waals surface area (Å²) in [4.78, 5) is 0. The highest BCUT2D eigenvalue weighted by atomic mass is 14.5. The van der Waals surface area contributed by atoms with E-state index in [1.54, 1.807) is 0 Å². The molecule has 12 heavy (non-hydrogen) atoms. The average Bonchev–Trinajstić information content (AvgIpc) is 2.03. The monoisotopic (exact) mass is 163 g/mol. The van der Waals surface area contributed by atoms with Crippen molar-refractivity contribution >= 4 is 0 Å². The summed E-state index contributed by atoms with van der Waals surface area (Å²) >= 11 is 0. The van der Waals surface area contributed by atoms with Crippen LogP contribution in [0.25, 0.3) is 0 Å². The van der Waals surface area contributed by atoms with Gasteiger partial charge in [-0.25, -0.2) is 0 Å². The zero-order valence-electron chi connectivity index (χ0n) is 8.22. The van der Waals surface area contributed by atoms with E-state index in [1.807, 2.05) is 0 Å². The molecule has 0 heterocycles. The second-order valence-electron chi connectivity index (χ2n) is 4.19. The van der Waals surface area contributed by atoms with Crippen LogP contribution in [0.15, 0.2) is 11.6 Å². The Bertz CT molecular complexity index is 230. The van der Waals surface area contributed by atoms with Crippen molar-refractivity contribution in [1.82, 2.24) is 0 Å². The molecule has 0 bridgehead atoms. The molecular formula is C11H17N. The normalized spacial score (nSPS) is 33.3. The minimum atomic E-state index is -0.0166. The fourth-order valence-corrected chi connectivity index (χ4v) is 1.68. The van der Waals surface area contributed by atoms with Crippen molar-refractivity contribution in [3.8, 4) is 6.07 Å². The summed E-state index contributed by atoms with van der Waals surface area (Å²) in [6.45, 7) is 6.37. The van der Waals surface area contributed by atoms with E-state index < -0.39 is 0 Å². The second-order valence-corrected chi connectivity index (χ2v) is 4.19. The molecule has 1 aliphatic carbocycles. The molecule has 0 saturated heterocycles. The van der Waals surface area contributed by atoms with Gasteiger partial charge in [-0.1, -0.05) is 18.6 Å². The lowest BCUT2D eigenvalue weighted by Crippen LogP contribution is -2.36. The zero-order valence-corrected chi connectivity index (χ0v) is 8.22. The summed E-state index contributed by atoms with van der Waals surface area (Å²) in [7, 11) is 0. The van der Waals surface area contributed by atoms with Crippen molar-refractivity contribution < 1.29 is 0 Å². The first-order valence-electron chi connectivity index (χ1n) is 4.65. The van der Waals surface area contributed by atoms with Crippen molar-refractivity contribution in [2.75, 3.05) is 0 Å². The molecule has 0 aromatic heterocycles. The molecule has 0 aromatic rings. The summed E-state index contributed by atoms with van der Waals surface area (Å²) in [5, 5.41) is 9.04. The third kappa shape index (κ3) is 1.53. The highest BCUT2D eigenvalue weighted by Crippen LogP contribution is 2.48. The third-order valence-corrected chi connectivity index (χ3v) is 3.06. The first-order chi connectivity index (χ1) is 5.60. The van der Waals surface area contributed by atoms with Crippen molar-refractivity contribution in [3.05, 3.63) is 11.6 Å². The standard InChI is InChI=1S/C11H17N/c1-9(2)4-6-11(8-12)7-5-10(11)3/h4,10H,5-7H2,1-3H3. The molecule has 1 fully saturated rings. The van der Waals surface area contributed by atoms with E-state index in [0.717, 1.165) is 12.8 Å². The first-order valence-corrected chi connectivity index (χ1v) is 4.65. The Morgan fingerprint density at radius 1 is 1.67 bits per heavy atom. The first kappa shape index (κ1) is 9.32. The molecule has 2 atom stereocenters. The van der Waals surface area contributed by atoms with Gasteiger partial charge >= 0.3 is 0 Å². The number of nitriles is 1. The lowest BCUT2D eigenvalue weighted by atomic mass is 9.60. The Labute approximate surface area is 75.1 Å². The Hall–Kier alpha value is -0.770. The average molecular weight is 163 g/mol. The van der Waals surface area contributed by atoms with Crippen molar-refractivity contribution in [1.29, 1.82) is 5.26 Å². The van der Waals surface area contributed by atoms with Crippen molar-refractivity contribution in [2.24, 2.45) is 11.3 Å². The van der Waals surface area contributed by atoms with Crippen LogP contribution in [0.3, 0.4) is 0 Å². The van der Waals surface area contributed by atoms with Gasteiger partial charge in [-0.15, -0.1) is 0 Å².